The third-order valence-corrected chi connectivity index (χ3v) is 8.95. The maximum Gasteiger partial charge on any atom is 0.126 e. The molecule has 0 heterocycles. The Kier molecular flexibility index (Phi) is 11.5. The summed E-state index contributed by atoms with van der Waals surface area (Å²) < 4.78 is 0. The van der Waals surface area contributed by atoms with Crippen LogP contribution >= 0.6 is 0 Å². The number of anilines is 7. The topological polar surface area (TPSA) is 68.3 Å². The van der Waals surface area contributed by atoms with E-state index >= 15 is 0 Å². The molecule has 1 atom stereocenters. The van der Waals surface area contributed by atoms with Crippen molar-refractivity contribution in [1.82, 2.24) is 0 Å². The molecule has 5 aromatic rings. The minimum atomic E-state index is -0.173. The molecule has 5 N–H and O–H groups in total. The lowest BCUT2D eigenvalue weighted by Crippen LogP contribution is -2.13. The van der Waals surface area contributed by atoms with Gasteiger partial charge in [-0.3, -0.25) is 0 Å². The lowest BCUT2D eigenvalue weighted by molar-refractivity contribution is 0.306. The number of nitrogens with one attached hydrogen (secondary N) is 4. The molecule has 0 saturated carbocycles. The molecule has 5 heteroatoms. The average Bonchev–Trinajstić information content (AvgIpc) is 3.06. The van der Waals surface area contributed by atoms with Gasteiger partial charge in [0.05, 0.1) is 0 Å². The second-order valence-electron chi connectivity index (χ2n) is 16.3. The Morgan fingerprint density at radius 3 is 1.37 bits per heavy atom. The summed E-state index contributed by atoms with van der Waals surface area (Å²) in [5, 5.41) is 24.9. The fourth-order valence-corrected chi connectivity index (χ4v) is 6.59. The third kappa shape index (κ3) is 10.9. The van der Waals surface area contributed by atoms with Gasteiger partial charge < -0.3 is 26.4 Å². The van der Waals surface area contributed by atoms with Gasteiger partial charge in [-0.05, 0) is 150 Å². The first-order chi connectivity index (χ1) is 24.1. The van der Waals surface area contributed by atoms with E-state index in [9.17, 15) is 5.11 Å². The summed E-state index contributed by atoms with van der Waals surface area (Å²) in [6.45, 7) is 22.3. The summed E-state index contributed by atoms with van der Waals surface area (Å²) in [4.78, 5) is 0. The number of hydrogen-bond acceptors (Lipinski definition) is 5. The summed E-state index contributed by atoms with van der Waals surface area (Å²) in [7, 11) is 0. The van der Waals surface area contributed by atoms with Crippen molar-refractivity contribution in [3.05, 3.63) is 138 Å². The molecule has 5 nitrogen and oxygen atoms in total. The quantitative estimate of drug-likeness (QED) is 0.0856. The van der Waals surface area contributed by atoms with Crippen LogP contribution in [0, 0.1) is 11.3 Å². The number of phenolic OH excluding ortho intramolecular Hbond substituents is 1. The fourth-order valence-electron chi connectivity index (χ4n) is 6.59. The Bertz CT molecular complexity index is 1890. The van der Waals surface area contributed by atoms with E-state index < -0.39 is 0 Å². The van der Waals surface area contributed by atoms with Crippen LogP contribution in [0.1, 0.15) is 84.1 Å². The molecule has 0 saturated heterocycles. The number of rotatable bonds is 13. The molecule has 1 unspecified atom stereocenters. The van der Waals surface area contributed by atoms with Gasteiger partial charge in [0.1, 0.15) is 5.75 Å². The minimum absolute atomic E-state index is 0.173. The van der Waals surface area contributed by atoms with E-state index in [1.54, 1.807) is 0 Å². The molecule has 0 aromatic heterocycles. The Morgan fingerprint density at radius 2 is 1.00 bits per heavy atom. The van der Waals surface area contributed by atoms with E-state index in [0.717, 1.165) is 68.5 Å². The smallest absolute Gasteiger partial charge is 0.126 e. The summed E-state index contributed by atoms with van der Waals surface area (Å²) in [5.74, 6) is 0.995. The number of benzene rings is 5. The molecule has 5 aromatic carbocycles. The molecule has 0 spiro atoms. The highest BCUT2D eigenvalue weighted by Gasteiger charge is 2.21. The first kappa shape index (κ1) is 37.1. The molecule has 266 valence electrons. The van der Waals surface area contributed by atoms with Crippen molar-refractivity contribution in [1.29, 1.82) is 0 Å². The van der Waals surface area contributed by atoms with Gasteiger partial charge in [0, 0.05) is 57.5 Å². The summed E-state index contributed by atoms with van der Waals surface area (Å²) in [6, 6.07) is 37.9. The maximum absolute atomic E-state index is 10.8. The Morgan fingerprint density at radius 1 is 0.608 bits per heavy atom. The predicted molar refractivity (Wildman–Crippen MR) is 221 cm³/mol. The zero-order valence-electron chi connectivity index (χ0n) is 31.7. The minimum Gasteiger partial charge on any atom is -0.507 e. The van der Waals surface area contributed by atoms with Crippen LogP contribution < -0.4 is 21.3 Å². The second kappa shape index (κ2) is 15.8. The van der Waals surface area contributed by atoms with Crippen LogP contribution in [0.25, 0.3) is 5.57 Å². The van der Waals surface area contributed by atoms with Crippen LogP contribution in [0.2, 0.25) is 0 Å². The third-order valence-electron chi connectivity index (χ3n) is 8.95. The highest BCUT2D eigenvalue weighted by Crippen LogP contribution is 2.37. The number of aromatic hydroxyl groups is 1. The largest absolute Gasteiger partial charge is 0.507 e. The van der Waals surface area contributed by atoms with E-state index in [2.05, 4.69) is 179 Å². The van der Waals surface area contributed by atoms with Crippen molar-refractivity contribution in [2.24, 2.45) is 11.3 Å². The first-order valence-corrected chi connectivity index (χ1v) is 18.1. The van der Waals surface area contributed by atoms with E-state index in [4.69, 9.17) is 0 Å². The molecule has 0 bridgehead atoms. The normalized spacial score (nSPS) is 12.2. The van der Waals surface area contributed by atoms with Crippen molar-refractivity contribution >= 4 is 45.4 Å². The summed E-state index contributed by atoms with van der Waals surface area (Å²) in [5.41, 5.74) is 12.5. The van der Waals surface area contributed by atoms with E-state index in [-0.39, 0.29) is 5.41 Å². The van der Waals surface area contributed by atoms with Crippen LogP contribution in [0.3, 0.4) is 0 Å². The molecule has 51 heavy (non-hydrogen) atoms. The Balaban J connectivity index is 1.10. The number of allylic oxidation sites excluding steroid dienone is 1. The van der Waals surface area contributed by atoms with E-state index in [1.807, 2.05) is 13.0 Å². The lowest BCUT2D eigenvalue weighted by Gasteiger charge is -2.24. The average molecular weight is 681 g/mol. The zero-order valence-corrected chi connectivity index (χ0v) is 31.7. The van der Waals surface area contributed by atoms with Gasteiger partial charge in [-0.25, -0.2) is 0 Å². The highest BCUT2D eigenvalue weighted by atomic mass is 16.3. The zero-order chi connectivity index (χ0) is 36.8. The Labute approximate surface area is 306 Å². The first-order valence-electron chi connectivity index (χ1n) is 18.1. The maximum atomic E-state index is 10.8. The molecule has 5 rings (SSSR count). The summed E-state index contributed by atoms with van der Waals surface area (Å²) in [6.07, 6.45) is 2.34. The SMILES string of the molecule is C=C(C)c1cc(CNc2ccc(Nc3ccc(Nc4ccc(Nc5ccc(CC(C)CC(C)(C)C)cc5)cc4)cc3)cc2)cc(C(C)(C)C)c1O. The van der Waals surface area contributed by atoms with Gasteiger partial charge in [0.15, 0.2) is 0 Å². The van der Waals surface area contributed by atoms with E-state index in [1.165, 1.54) is 12.0 Å². The summed E-state index contributed by atoms with van der Waals surface area (Å²) >= 11 is 0. The molecule has 0 aliphatic rings. The molecule has 0 radical (unpaired) electrons. The van der Waals surface area contributed by atoms with Crippen molar-refractivity contribution in [2.75, 3.05) is 21.3 Å². The van der Waals surface area contributed by atoms with Crippen LogP contribution in [0.15, 0.2) is 116 Å². The van der Waals surface area contributed by atoms with Crippen LogP contribution in [-0.4, -0.2) is 5.11 Å². The van der Waals surface area contributed by atoms with Gasteiger partial charge in [0.2, 0.25) is 0 Å². The standard InChI is InChI=1S/C46H56N4O/c1-31(2)42-27-34(28-43(44(42)51)46(7,8)9)30-47-35-14-16-37(17-15-35)49-39-22-24-41(25-23-39)50-40-20-18-38(19-21-40)48-36-12-10-33(11-13-36)26-32(3)29-45(4,5)6/h10-25,27-28,32,47-51H,1,26,29-30H2,2-9H3. The van der Waals surface area contributed by atoms with Crippen molar-refractivity contribution in [2.45, 2.75) is 80.2 Å². The van der Waals surface area contributed by atoms with Gasteiger partial charge in [-0.15, -0.1) is 0 Å². The molecule has 0 amide bonds. The monoisotopic (exact) mass is 680 g/mol. The second-order valence-corrected chi connectivity index (χ2v) is 16.3. The van der Waals surface area contributed by atoms with Crippen LogP contribution in [0.4, 0.5) is 39.8 Å². The number of phenols is 1. The molecule has 0 aliphatic carbocycles. The lowest BCUT2D eigenvalue weighted by atomic mass is 9.83. The fraction of sp³-hybridized carbons (Fsp3) is 0.304. The van der Waals surface area contributed by atoms with Gasteiger partial charge in [-0.1, -0.05) is 67.2 Å². The molecular formula is C46H56N4O. The van der Waals surface area contributed by atoms with Crippen molar-refractivity contribution in [3.8, 4) is 5.75 Å². The Hall–Kier alpha value is -5.16. The van der Waals surface area contributed by atoms with Crippen LogP contribution in [0.5, 0.6) is 5.75 Å². The van der Waals surface area contributed by atoms with Gasteiger partial charge in [0.25, 0.3) is 0 Å². The molecule has 0 fully saturated rings. The number of hydrogen-bond donors (Lipinski definition) is 5. The highest BCUT2D eigenvalue weighted by molar-refractivity contribution is 5.71. The van der Waals surface area contributed by atoms with Crippen LogP contribution in [-0.2, 0) is 18.4 Å². The van der Waals surface area contributed by atoms with Crippen molar-refractivity contribution < 1.29 is 5.11 Å². The molecular weight excluding hydrogens is 625 g/mol. The van der Waals surface area contributed by atoms with Crippen molar-refractivity contribution in [3.63, 3.8) is 0 Å². The molecule has 0 aliphatic heterocycles. The van der Waals surface area contributed by atoms with Gasteiger partial charge >= 0.3 is 0 Å². The van der Waals surface area contributed by atoms with Gasteiger partial charge in [-0.2, -0.15) is 0 Å². The van der Waals surface area contributed by atoms with E-state index in [0.29, 0.717) is 23.6 Å². The predicted octanol–water partition coefficient (Wildman–Crippen LogP) is 13.2.